The fraction of sp³-hybridized carbons (Fsp3) is 0.559. The maximum atomic E-state index is 13.2. The van der Waals surface area contributed by atoms with Gasteiger partial charge in [0.15, 0.2) is 0 Å². The third-order valence-corrected chi connectivity index (χ3v) is 8.93. The van der Waals surface area contributed by atoms with Crippen molar-refractivity contribution in [2.45, 2.75) is 92.4 Å². The van der Waals surface area contributed by atoms with Crippen molar-refractivity contribution in [3.05, 3.63) is 58.5 Å². The third kappa shape index (κ3) is 8.81. The van der Waals surface area contributed by atoms with Gasteiger partial charge in [-0.2, -0.15) is 0 Å². The van der Waals surface area contributed by atoms with Crippen molar-refractivity contribution < 1.29 is 4.79 Å². The number of anilines is 2. The average molecular weight is 550 g/mol. The minimum absolute atomic E-state index is 0.0513. The van der Waals surface area contributed by atoms with Crippen molar-refractivity contribution in [3.8, 4) is 0 Å². The van der Waals surface area contributed by atoms with E-state index in [9.17, 15) is 4.79 Å². The summed E-state index contributed by atoms with van der Waals surface area (Å²) in [6, 6.07) is 14.5. The van der Waals surface area contributed by atoms with Gasteiger partial charge in [0.2, 0.25) is 0 Å². The summed E-state index contributed by atoms with van der Waals surface area (Å²) in [5.41, 5.74) is 4.23. The molecule has 3 rings (SSSR count). The number of fused-ring (bicyclic) bond motifs is 1. The Morgan fingerprint density at radius 3 is 2.03 bits per heavy atom. The summed E-state index contributed by atoms with van der Waals surface area (Å²) < 4.78 is 1.32. The number of unbranched alkanes of at least 4 members (excludes halogenated alkanes) is 2. The molecule has 1 heterocycles. The van der Waals surface area contributed by atoms with E-state index in [1.807, 2.05) is 23.5 Å². The zero-order valence-electron chi connectivity index (χ0n) is 25.3. The molecule has 4 nitrogen and oxygen atoms in total. The first-order valence-corrected chi connectivity index (χ1v) is 16.2. The van der Waals surface area contributed by atoms with Crippen LogP contribution in [-0.2, 0) is 6.42 Å². The Hall–Kier alpha value is -2.37. The Bertz CT molecular complexity index is 1140. The lowest BCUT2D eigenvalue weighted by atomic mass is 10.0. The van der Waals surface area contributed by atoms with Crippen LogP contribution in [0.15, 0.2) is 42.5 Å². The highest BCUT2D eigenvalue weighted by Gasteiger charge is 2.17. The van der Waals surface area contributed by atoms with Crippen molar-refractivity contribution in [1.82, 2.24) is 4.90 Å². The van der Waals surface area contributed by atoms with Crippen LogP contribution >= 0.6 is 11.3 Å². The molecule has 1 N–H and O–H groups in total. The molecule has 0 saturated carbocycles. The Morgan fingerprint density at radius 2 is 1.46 bits per heavy atom. The molecule has 3 aromatic rings. The van der Waals surface area contributed by atoms with Gasteiger partial charge < -0.3 is 15.1 Å². The maximum absolute atomic E-state index is 13.2. The van der Waals surface area contributed by atoms with Gasteiger partial charge in [0.05, 0.1) is 0 Å². The van der Waals surface area contributed by atoms with Crippen molar-refractivity contribution in [3.63, 3.8) is 0 Å². The Balaban J connectivity index is 1.79. The van der Waals surface area contributed by atoms with E-state index >= 15 is 0 Å². The highest BCUT2D eigenvalue weighted by molar-refractivity contribution is 7.19. The Morgan fingerprint density at radius 1 is 0.821 bits per heavy atom. The molecule has 0 fully saturated rings. The molecule has 0 aliphatic rings. The van der Waals surface area contributed by atoms with E-state index in [-0.39, 0.29) is 5.91 Å². The van der Waals surface area contributed by atoms with Gasteiger partial charge in [-0.25, -0.2) is 0 Å². The van der Waals surface area contributed by atoms with E-state index in [1.165, 1.54) is 65.0 Å². The highest BCUT2D eigenvalue weighted by atomic mass is 32.1. The lowest BCUT2D eigenvalue weighted by Gasteiger charge is -2.23. The SMILES string of the molecule is CCCCN(CCCC)CCc1c(C(C)C)sc2ccc(NC(=O)c3ccc(N(CCC)CCC)cc3)cc12. The van der Waals surface area contributed by atoms with Crippen LogP contribution in [0, 0.1) is 0 Å². The van der Waals surface area contributed by atoms with E-state index in [0.717, 1.165) is 44.6 Å². The summed E-state index contributed by atoms with van der Waals surface area (Å²) in [7, 11) is 0. The predicted octanol–water partition coefficient (Wildman–Crippen LogP) is 9.35. The first-order valence-electron chi connectivity index (χ1n) is 15.4. The number of carbonyl (C=O) groups excluding carboxylic acids is 1. The number of benzene rings is 2. The summed E-state index contributed by atoms with van der Waals surface area (Å²) in [4.78, 5) is 19.7. The smallest absolute Gasteiger partial charge is 0.255 e. The van der Waals surface area contributed by atoms with Gasteiger partial charge in [-0.15, -0.1) is 11.3 Å². The van der Waals surface area contributed by atoms with Crippen molar-refractivity contribution in [2.75, 3.05) is 42.9 Å². The van der Waals surface area contributed by atoms with Crippen molar-refractivity contribution in [1.29, 1.82) is 0 Å². The molecule has 0 aliphatic heterocycles. The van der Waals surface area contributed by atoms with Crippen LogP contribution in [0.4, 0.5) is 11.4 Å². The largest absolute Gasteiger partial charge is 0.372 e. The second kappa shape index (κ2) is 16.0. The van der Waals surface area contributed by atoms with Crippen LogP contribution in [0.1, 0.15) is 107 Å². The zero-order valence-corrected chi connectivity index (χ0v) is 26.1. The number of thiophene rings is 1. The topological polar surface area (TPSA) is 35.6 Å². The van der Waals surface area contributed by atoms with E-state index in [0.29, 0.717) is 11.5 Å². The summed E-state index contributed by atoms with van der Waals surface area (Å²) in [6.07, 6.45) is 8.29. The normalized spacial score (nSPS) is 11.6. The average Bonchev–Trinajstić information content (AvgIpc) is 3.30. The van der Waals surface area contributed by atoms with Crippen LogP contribution in [-0.4, -0.2) is 43.5 Å². The molecule has 0 radical (unpaired) electrons. The van der Waals surface area contributed by atoms with Crippen molar-refractivity contribution >= 4 is 38.7 Å². The summed E-state index contributed by atoms with van der Waals surface area (Å²) in [5, 5.41) is 4.48. The second-order valence-electron chi connectivity index (χ2n) is 11.1. The van der Waals surface area contributed by atoms with Gasteiger partial charge in [0, 0.05) is 46.1 Å². The van der Waals surface area contributed by atoms with Crippen LogP contribution in [0.5, 0.6) is 0 Å². The number of amides is 1. The summed E-state index contributed by atoms with van der Waals surface area (Å²) in [5.74, 6) is 0.443. The molecule has 214 valence electrons. The van der Waals surface area contributed by atoms with Gasteiger partial charge in [-0.05, 0) is 105 Å². The summed E-state index contributed by atoms with van der Waals surface area (Å²) >= 11 is 1.92. The fourth-order valence-corrected chi connectivity index (χ4v) is 6.51. The van der Waals surface area contributed by atoms with Crippen LogP contribution in [0.3, 0.4) is 0 Å². The number of rotatable bonds is 17. The van der Waals surface area contributed by atoms with Crippen LogP contribution in [0.2, 0.25) is 0 Å². The van der Waals surface area contributed by atoms with Gasteiger partial charge in [0.25, 0.3) is 5.91 Å². The van der Waals surface area contributed by atoms with E-state index < -0.39 is 0 Å². The lowest BCUT2D eigenvalue weighted by molar-refractivity contribution is 0.102. The molecule has 2 aromatic carbocycles. The fourth-order valence-electron chi connectivity index (χ4n) is 5.28. The zero-order chi connectivity index (χ0) is 28.2. The number of carbonyl (C=O) groups is 1. The molecular weight excluding hydrogens is 498 g/mol. The molecule has 0 unspecified atom stereocenters. The first kappa shape index (κ1) is 31.2. The monoisotopic (exact) mass is 549 g/mol. The molecular formula is C34H51N3OS. The molecule has 0 atom stereocenters. The van der Waals surface area contributed by atoms with Gasteiger partial charge in [-0.3, -0.25) is 4.79 Å². The van der Waals surface area contributed by atoms with E-state index in [2.05, 4.69) is 87.0 Å². The maximum Gasteiger partial charge on any atom is 0.255 e. The molecule has 1 amide bonds. The highest BCUT2D eigenvalue weighted by Crippen LogP contribution is 2.38. The molecule has 1 aromatic heterocycles. The second-order valence-corrected chi connectivity index (χ2v) is 12.2. The summed E-state index contributed by atoms with van der Waals surface area (Å²) in [6.45, 7) is 19.1. The predicted molar refractivity (Wildman–Crippen MR) is 173 cm³/mol. The van der Waals surface area contributed by atoms with Crippen molar-refractivity contribution in [2.24, 2.45) is 0 Å². The molecule has 39 heavy (non-hydrogen) atoms. The van der Waals surface area contributed by atoms with E-state index in [1.54, 1.807) is 0 Å². The van der Waals surface area contributed by atoms with Gasteiger partial charge in [0.1, 0.15) is 0 Å². The number of nitrogens with one attached hydrogen (secondary N) is 1. The first-order chi connectivity index (χ1) is 18.9. The molecule has 5 heteroatoms. The minimum atomic E-state index is -0.0513. The van der Waals surface area contributed by atoms with Crippen LogP contribution in [0.25, 0.3) is 10.1 Å². The number of hydrogen-bond donors (Lipinski definition) is 1. The molecule has 0 spiro atoms. The molecule has 0 aliphatic carbocycles. The third-order valence-electron chi connectivity index (χ3n) is 7.42. The Kier molecular flexibility index (Phi) is 12.8. The van der Waals surface area contributed by atoms with Gasteiger partial charge in [-0.1, -0.05) is 54.4 Å². The minimum Gasteiger partial charge on any atom is -0.372 e. The number of hydrogen-bond acceptors (Lipinski definition) is 4. The molecule has 0 saturated heterocycles. The van der Waals surface area contributed by atoms with E-state index in [4.69, 9.17) is 0 Å². The number of nitrogens with zero attached hydrogens (tertiary/aromatic N) is 2. The quantitative estimate of drug-likeness (QED) is 0.182. The molecule has 0 bridgehead atoms. The lowest BCUT2D eigenvalue weighted by Crippen LogP contribution is -2.28. The Labute approximate surface area is 241 Å². The van der Waals surface area contributed by atoms with Crippen LogP contribution < -0.4 is 10.2 Å². The van der Waals surface area contributed by atoms with Gasteiger partial charge >= 0.3 is 0 Å². The standard InChI is InChI=1S/C34H51N3OS/c1-7-11-22-36(23-12-8-2)24-19-30-31-25-28(15-18-32(31)39-33(30)26(5)6)35-34(38)27-13-16-29(17-14-27)37(20-9-3)21-10-4/h13-18,25-26H,7-12,19-24H2,1-6H3,(H,35,38).